The van der Waals surface area contributed by atoms with Crippen LogP contribution in [0.4, 0.5) is 0 Å². The molecule has 2 atom stereocenters. The molecule has 1 aliphatic carbocycles. The molecule has 1 heterocycles. The summed E-state index contributed by atoms with van der Waals surface area (Å²) in [5.41, 5.74) is 0. The van der Waals surface area contributed by atoms with E-state index in [1.54, 1.807) is 0 Å². The topological polar surface area (TPSA) is 40.7 Å². The summed E-state index contributed by atoms with van der Waals surface area (Å²) in [6, 6.07) is 0.715. The zero-order chi connectivity index (χ0) is 9.10. The number of imidazole rings is 1. The summed E-state index contributed by atoms with van der Waals surface area (Å²) < 4.78 is 0. The second-order valence-corrected chi connectivity index (χ2v) is 4.72. The van der Waals surface area contributed by atoms with Gasteiger partial charge in [-0.15, -0.1) is 0 Å². The molecule has 1 fully saturated rings. The van der Waals surface area contributed by atoms with Crippen molar-refractivity contribution < 1.29 is 0 Å². The van der Waals surface area contributed by atoms with E-state index in [0.29, 0.717) is 6.04 Å². The van der Waals surface area contributed by atoms with Gasteiger partial charge < -0.3 is 10.3 Å². The summed E-state index contributed by atoms with van der Waals surface area (Å²) in [6.07, 6.45) is 7.56. The van der Waals surface area contributed by atoms with Crippen molar-refractivity contribution >= 4 is 11.8 Å². The molecule has 2 rings (SSSR count). The molecule has 1 aromatic heterocycles. The lowest BCUT2D eigenvalue weighted by atomic mass is 10.3. The number of H-pyrrole nitrogens is 1. The molecular weight excluding hydrogens is 182 g/mol. The van der Waals surface area contributed by atoms with Crippen molar-refractivity contribution in [3.63, 3.8) is 0 Å². The molecule has 1 aliphatic rings. The fraction of sp³-hybridized carbons (Fsp3) is 0.667. The lowest BCUT2D eigenvalue weighted by Gasteiger charge is -2.08. The molecule has 0 spiro atoms. The number of thioether (sulfide) groups is 1. The molecule has 0 aliphatic heterocycles. The van der Waals surface area contributed by atoms with Crippen molar-refractivity contribution in [2.75, 3.05) is 7.05 Å². The zero-order valence-electron chi connectivity index (χ0n) is 7.79. The minimum Gasteiger partial charge on any atom is -0.340 e. The van der Waals surface area contributed by atoms with E-state index in [4.69, 9.17) is 0 Å². The average Bonchev–Trinajstić information content (AvgIpc) is 2.76. The van der Waals surface area contributed by atoms with Gasteiger partial charge in [-0.3, -0.25) is 0 Å². The number of aromatic amines is 1. The molecule has 4 heteroatoms. The highest BCUT2D eigenvalue weighted by Gasteiger charge is 2.24. The average molecular weight is 197 g/mol. The van der Waals surface area contributed by atoms with E-state index in [0.717, 1.165) is 10.4 Å². The fourth-order valence-electron chi connectivity index (χ4n) is 1.78. The Morgan fingerprint density at radius 1 is 1.62 bits per heavy atom. The van der Waals surface area contributed by atoms with Gasteiger partial charge in [-0.2, -0.15) is 0 Å². The van der Waals surface area contributed by atoms with Gasteiger partial charge in [-0.25, -0.2) is 4.98 Å². The van der Waals surface area contributed by atoms with Crippen LogP contribution in [0.25, 0.3) is 0 Å². The van der Waals surface area contributed by atoms with Crippen molar-refractivity contribution in [2.24, 2.45) is 0 Å². The minimum atomic E-state index is 0.715. The second-order valence-electron chi connectivity index (χ2n) is 3.43. The van der Waals surface area contributed by atoms with Crippen LogP contribution in [-0.2, 0) is 0 Å². The quantitative estimate of drug-likeness (QED) is 0.774. The first kappa shape index (κ1) is 9.09. The predicted molar refractivity (Wildman–Crippen MR) is 54.9 cm³/mol. The van der Waals surface area contributed by atoms with Gasteiger partial charge in [0.15, 0.2) is 5.16 Å². The molecule has 72 valence electrons. The van der Waals surface area contributed by atoms with Crippen molar-refractivity contribution in [1.29, 1.82) is 0 Å². The zero-order valence-corrected chi connectivity index (χ0v) is 8.60. The Balaban J connectivity index is 1.84. The van der Waals surface area contributed by atoms with E-state index in [2.05, 4.69) is 15.3 Å². The summed E-state index contributed by atoms with van der Waals surface area (Å²) >= 11 is 1.87. The summed E-state index contributed by atoms with van der Waals surface area (Å²) in [7, 11) is 2.05. The van der Waals surface area contributed by atoms with E-state index >= 15 is 0 Å². The molecule has 13 heavy (non-hydrogen) atoms. The van der Waals surface area contributed by atoms with Crippen LogP contribution in [0.2, 0.25) is 0 Å². The minimum absolute atomic E-state index is 0.715. The molecule has 0 radical (unpaired) electrons. The van der Waals surface area contributed by atoms with E-state index in [9.17, 15) is 0 Å². The first-order valence-corrected chi connectivity index (χ1v) is 5.59. The summed E-state index contributed by atoms with van der Waals surface area (Å²) in [5, 5.41) is 5.13. The standard InChI is InChI=1S/C9H15N3S/c1-10-7-2-3-8(6-7)13-9-11-4-5-12-9/h4-5,7-8,10H,2-3,6H2,1H3,(H,11,12). The highest BCUT2D eigenvalue weighted by atomic mass is 32.2. The van der Waals surface area contributed by atoms with Gasteiger partial charge in [0, 0.05) is 23.7 Å². The molecule has 1 aromatic rings. The van der Waals surface area contributed by atoms with Crippen LogP contribution in [0.3, 0.4) is 0 Å². The van der Waals surface area contributed by atoms with Crippen LogP contribution < -0.4 is 5.32 Å². The Kier molecular flexibility index (Phi) is 2.90. The van der Waals surface area contributed by atoms with Gasteiger partial charge >= 0.3 is 0 Å². The van der Waals surface area contributed by atoms with Crippen LogP contribution in [-0.4, -0.2) is 28.3 Å². The highest BCUT2D eigenvalue weighted by Crippen LogP contribution is 2.32. The molecule has 0 saturated heterocycles. The van der Waals surface area contributed by atoms with Gasteiger partial charge in [0.25, 0.3) is 0 Å². The number of nitrogens with zero attached hydrogens (tertiary/aromatic N) is 1. The second kappa shape index (κ2) is 4.15. The Morgan fingerprint density at radius 3 is 3.15 bits per heavy atom. The van der Waals surface area contributed by atoms with Crippen molar-refractivity contribution in [3.05, 3.63) is 12.4 Å². The summed E-state index contributed by atoms with van der Waals surface area (Å²) in [4.78, 5) is 7.35. The van der Waals surface area contributed by atoms with Gasteiger partial charge in [-0.1, -0.05) is 11.8 Å². The van der Waals surface area contributed by atoms with E-state index in [1.165, 1.54) is 19.3 Å². The molecule has 0 aromatic carbocycles. The van der Waals surface area contributed by atoms with Gasteiger partial charge in [0.05, 0.1) is 0 Å². The largest absolute Gasteiger partial charge is 0.340 e. The number of aromatic nitrogens is 2. The van der Waals surface area contributed by atoms with Crippen LogP contribution in [0.15, 0.2) is 17.6 Å². The number of hydrogen-bond acceptors (Lipinski definition) is 3. The molecule has 0 bridgehead atoms. The van der Waals surface area contributed by atoms with E-state index in [-0.39, 0.29) is 0 Å². The third-order valence-electron chi connectivity index (χ3n) is 2.54. The molecular formula is C9H15N3S. The van der Waals surface area contributed by atoms with Crippen LogP contribution >= 0.6 is 11.8 Å². The Morgan fingerprint density at radius 2 is 2.54 bits per heavy atom. The van der Waals surface area contributed by atoms with E-state index < -0.39 is 0 Å². The molecule has 0 amide bonds. The Hall–Kier alpha value is -0.480. The maximum Gasteiger partial charge on any atom is 0.165 e. The fourth-order valence-corrected chi connectivity index (χ4v) is 2.94. The first-order chi connectivity index (χ1) is 6.38. The Labute approximate surface area is 82.7 Å². The van der Waals surface area contributed by atoms with Gasteiger partial charge in [-0.05, 0) is 26.3 Å². The van der Waals surface area contributed by atoms with Crippen molar-refractivity contribution in [2.45, 2.75) is 35.7 Å². The Bertz CT molecular complexity index is 247. The summed E-state index contributed by atoms with van der Waals surface area (Å²) in [6.45, 7) is 0. The molecule has 3 nitrogen and oxygen atoms in total. The molecule has 2 N–H and O–H groups in total. The third kappa shape index (κ3) is 2.25. The van der Waals surface area contributed by atoms with Gasteiger partial charge in [0.2, 0.25) is 0 Å². The predicted octanol–water partition coefficient (Wildman–Crippen LogP) is 1.64. The number of hydrogen-bond donors (Lipinski definition) is 2. The van der Waals surface area contributed by atoms with Crippen LogP contribution in [0.5, 0.6) is 0 Å². The maximum atomic E-state index is 4.22. The maximum absolute atomic E-state index is 4.22. The molecule has 1 saturated carbocycles. The molecule has 2 unspecified atom stereocenters. The van der Waals surface area contributed by atoms with Crippen LogP contribution in [0.1, 0.15) is 19.3 Å². The van der Waals surface area contributed by atoms with E-state index in [1.807, 2.05) is 31.2 Å². The SMILES string of the molecule is CNC1CCC(Sc2ncc[nH]2)C1. The lowest BCUT2D eigenvalue weighted by Crippen LogP contribution is -2.21. The number of rotatable bonds is 3. The first-order valence-electron chi connectivity index (χ1n) is 4.72. The smallest absolute Gasteiger partial charge is 0.165 e. The summed E-state index contributed by atoms with van der Waals surface area (Å²) in [5.74, 6) is 0. The number of nitrogens with one attached hydrogen (secondary N) is 2. The lowest BCUT2D eigenvalue weighted by molar-refractivity contribution is 0.583. The third-order valence-corrected chi connectivity index (χ3v) is 3.75. The normalized spacial score (nSPS) is 28.1. The monoisotopic (exact) mass is 197 g/mol. The highest BCUT2D eigenvalue weighted by molar-refractivity contribution is 7.99. The van der Waals surface area contributed by atoms with Crippen LogP contribution in [0, 0.1) is 0 Å². The van der Waals surface area contributed by atoms with Gasteiger partial charge in [0.1, 0.15) is 0 Å². The van der Waals surface area contributed by atoms with Crippen molar-refractivity contribution in [3.8, 4) is 0 Å². The van der Waals surface area contributed by atoms with Crippen molar-refractivity contribution in [1.82, 2.24) is 15.3 Å².